The summed E-state index contributed by atoms with van der Waals surface area (Å²) < 4.78 is 13.0. The van der Waals surface area contributed by atoms with E-state index >= 15 is 0 Å². The smallest absolute Gasteiger partial charge is 0.155 e. The zero-order valence-corrected chi connectivity index (χ0v) is 72.7. The predicted molar refractivity (Wildman–Crippen MR) is 415 cm³/mol. The van der Waals surface area contributed by atoms with Crippen molar-refractivity contribution < 1.29 is 115 Å². The fourth-order valence-electron chi connectivity index (χ4n) is 10.9. The molecule has 5 radical (unpaired) electrons. The predicted octanol–water partition coefficient (Wildman–Crippen LogP) is 23.6. The molecule has 0 aliphatic rings. The molecule has 0 bridgehead atoms. The standard InChI is InChI=1S/C21H20N.C20H18N.C19H15FN.C17H14N.C11H8N.C5H8O2.5Ir/c1-16(2)13-17-7-5-8-18(14-17)19-9-6-10-20(15-19)21-11-3-4-12-22-21;1-15(2)19-11-12-20(21-14-19)18-10-6-9-17(13-18)16-7-4-3-5-8-16;1-13-10-11-21-19(14(13)2)17-5-3-4-16(12-17)15-6-8-18(20)9-7-15;1-12-9-13(2)11-15(10-12)17-8-7-14-5-3-4-6-16(14)18-17;1-2-6-10(7-3-1)11-8-4-5-9-12-11;1-4(6)3-5(2)7;;;;;/h3-9,11-12,14-16H,13H2,1-2H3;3-9,11-15H,1-2H3;3-4,6-12H,1-2H3;3-10H,1-2H3;1-6,8-9H;3,6H,1-2H3;;;;;/q5*-1;;;;;;. The molecular formula is C93H83FIr5N5O2-5. The van der Waals surface area contributed by atoms with Gasteiger partial charge in [0.05, 0.1) is 11.3 Å². The van der Waals surface area contributed by atoms with Crippen molar-refractivity contribution in [3.05, 3.63) is 367 Å². The minimum atomic E-state index is -0.224. The molecular weight excluding hydrogens is 2200 g/mol. The second-order valence-electron chi connectivity index (χ2n) is 25.1. The third-order valence-corrected chi connectivity index (χ3v) is 16.1. The van der Waals surface area contributed by atoms with Crippen LogP contribution < -0.4 is 0 Å². The Bertz CT molecular complexity index is 4910. The average molecular weight is 2280 g/mol. The molecule has 5 aromatic heterocycles. The van der Waals surface area contributed by atoms with Gasteiger partial charge in [0, 0.05) is 131 Å². The molecule has 0 saturated carbocycles. The van der Waals surface area contributed by atoms with Crippen molar-refractivity contribution in [2.45, 2.75) is 81.6 Å². The van der Waals surface area contributed by atoms with Crippen LogP contribution in [0.1, 0.15) is 80.8 Å². The maximum absolute atomic E-state index is 13.0. The first-order valence-electron chi connectivity index (χ1n) is 33.8. The summed E-state index contributed by atoms with van der Waals surface area (Å²) >= 11 is 0. The van der Waals surface area contributed by atoms with Crippen LogP contribution in [0.2, 0.25) is 0 Å². The first kappa shape index (κ1) is 89.8. The van der Waals surface area contributed by atoms with Gasteiger partial charge in [-0.05, 0) is 144 Å². The van der Waals surface area contributed by atoms with Crippen molar-refractivity contribution in [1.82, 2.24) is 24.9 Å². The summed E-state index contributed by atoms with van der Waals surface area (Å²) in [6.45, 7) is 20.0. The molecule has 0 unspecified atom stereocenters. The molecule has 1 N–H and O–H groups in total. The third-order valence-electron chi connectivity index (χ3n) is 16.1. The van der Waals surface area contributed by atoms with E-state index in [9.17, 15) is 9.18 Å². The Hall–Kier alpha value is -8.62. The summed E-state index contributed by atoms with van der Waals surface area (Å²) in [6, 6.07) is 103. The summed E-state index contributed by atoms with van der Waals surface area (Å²) in [5.41, 5.74) is 25.3. The van der Waals surface area contributed by atoms with Gasteiger partial charge in [0.25, 0.3) is 0 Å². The van der Waals surface area contributed by atoms with E-state index in [1.807, 2.05) is 140 Å². The van der Waals surface area contributed by atoms with Crippen molar-refractivity contribution >= 4 is 16.7 Å². The third kappa shape index (κ3) is 28.3. The molecule has 7 nitrogen and oxygen atoms in total. The number of fused-ring (bicyclic) bond motifs is 1. The number of aliphatic hydroxyl groups is 1. The van der Waals surface area contributed by atoms with Gasteiger partial charge >= 0.3 is 0 Å². The van der Waals surface area contributed by atoms with E-state index in [0.717, 1.165) is 90.5 Å². The SMILES string of the molecule is CC(=O)C=C(C)O.CC(C)Cc1cccc(-c2cc[c-]c(-c3ccccn3)c2)c1.CC(C)c1ccc(-c2[c-]ccc(-c3ccccc3)c2)nc1.Cc1[c-]c(-c2ccc3ccccc3n2)cc(C)c1.Cc1ccnc(-c2[c-]ccc(-c3ccc(F)cc3)c2)c1C.[Ir].[Ir].[Ir].[Ir].[Ir].[c-]1ccccc1-c1ccccn1. The number of benzene rings is 9. The number of aliphatic hydroxyl groups excluding tert-OH is 1. The summed E-state index contributed by atoms with van der Waals surface area (Å²) in [6.07, 6.45) is 9.66. The topological polar surface area (TPSA) is 102 Å². The first-order chi connectivity index (χ1) is 48.9. The largest absolute Gasteiger partial charge is 0.512 e. The Balaban J connectivity index is 0.000000273. The molecule has 0 fully saturated rings. The van der Waals surface area contributed by atoms with E-state index in [-0.39, 0.29) is 118 Å². The van der Waals surface area contributed by atoms with Crippen LogP contribution in [0.5, 0.6) is 0 Å². The number of carbonyl (C=O) groups is 1. The molecule has 549 valence electrons. The van der Waals surface area contributed by atoms with Crippen LogP contribution in [0.3, 0.4) is 0 Å². The Morgan fingerprint density at radius 2 is 0.991 bits per heavy atom. The minimum Gasteiger partial charge on any atom is -0.512 e. The van der Waals surface area contributed by atoms with Gasteiger partial charge in [-0.3, -0.25) is 9.78 Å². The van der Waals surface area contributed by atoms with E-state index in [4.69, 9.17) is 10.1 Å². The molecule has 14 aromatic rings. The Kier molecular flexibility index (Phi) is 39.3. The number of allylic oxidation sites excluding steroid dienone is 2. The zero-order valence-electron chi connectivity index (χ0n) is 60.7. The summed E-state index contributed by atoms with van der Waals surface area (Å²) in [4.78, 5) is 32.4. The maximum Gasteiger partial charge on any atom is 0.155 e. The molecule has 0 atom stereocenters. The van der Waals surface area contributed by atoms with Gasteiger partial charge in [-0.2, -0.15) is 0 Å². The summed E-state index contributed by atoms with van der Waals surface area (Å²) in [7, 11) is 0. The number of pyridine rings is 5. The van der Waals surface area contributed by atoms with Crippen molar-refractivity contribution in [2.24, 2.45) is 5.92 Å². The van der Waals surface area contributed by atoms with Crippen LogP contribution >= 0.6 is 0 Å². The summed E-state index contributed by atoms with van der Waals surface area (Å²) in [5, 5.41) is 9.53. The number of nitrogens with zero attached hydrogens (tertiary/aromatic N) is 5. The van der Waals surface area contributed by atoms with E-state index in [2.05, 4.69) is 221 Å². The van der Waals surface area contributed by atoms with E-state index in [1.54, 1.807) is 18.3 Å². The van der Waals surface area contributed by atoms with Gasteiger partial charge in [-0.15, -0.1) is 177 Å². The molecule has 9 aromatic carbocycles. The van der Waals surface area contributed by atoms with Crippen molar-refractivity contribution in [3.63, 3.8) is 0 Å². The zero-order chi connectivity index (χ0) is 71.5. The van der Waals surface area contributed by atoms with Crippen LogP contribution in [-0.2, 0) is 112 Å². The van der Waals surface area contributed by atoms with Gasteiger partial charge < -0.3 is 25.0 Å². The fraction of sp³-hybridized carbons (Fsp3) is 0.140. The molecule has 0 aliphatic carbocycles. The quantitative estimate of drug-likeness (QED) is 0.0738. The van der Waals surface area contributed by atoms with Crippen LogP contribution in [0.25, 0.3) is 101 Å². The normalized spacial score (nSPS) is 10.2. The molecule has 5 heterocycles. The second kappa shape index (κ2) is 46.5. The number of halogens is 1. The van der Waals surface area contributed by atoms with Gasteiger partial charge in [0.2, 0.25) is 0 Å². The Labute approximate surface area is 694 Å². The van der Waals surface area contributed by atoms with Crippen molar-refractivity contribution in [2.75, 3.05) is 0 Å². The fourth-order valence-corrected chi connectivity index (χ4v) is 10.9. The van der Waals surface area contributed by atoms with E-state index in [0.29, 0.717) is 11.8 Å². The van der Waals surface area contributed by atoms with E-state index in [1.165, 1.54) is 82.0 Å². The van der Waals surface area contributed by atoms with Crippen LogP contribution in [0.4, 0.5) is 4.39 Å². The number of aryl methyl sites for hydroxylation is 3. The number of aromatic nitrogens is 5. The molecule has 0 saturated heterocycles. The van der Waals surface area contributed by atoms with Gasteiger partial charge in [0.1, 0.15) is 5.82 Å². The molecule has 13 heteroatoms. The van der Waals surface area contributed by atoms with Crippen LogP contribution in [0, 0.1) is 69.8 Å². The monoisotopic (exact) mass is 2290 g/mol. The van der Waals surface area contributed by atoms with Crippen LogP contribution in [0.15, 0.2) is 297 Å². The molecule has 14 rings (SSSR count). The summed E-state index contributed by atoms with van der Waals surface area (Å²) in [5.74, 6) is 0.889. The molecule has 0 spiro atoms. The number of hydrogen-bond acceptors (Lipinski definition) is 7. The molecule has 0 aliphatic heterocycles. The van der Waals surface area contributed by atoms with E-state index < -0.39 is 0 Å². The molecule has 106 heavy (non-hydrogen) atoms. The number of rotatable bonds is 12. The second-order valence-corrected chi connectivity index (χ2v) is 25.1. The number of ketones is 1. The number of para-hydroxylation sites is 1. The number of carbonyl (C=O) groups excluding carboxylic acids is 1. The van der Waals surface area contributed by atoms with Crippen LogP contribution in [-0.4, -0.2) is 35.8 Å². The Morgan fingerprint density at radius 3 is 1.55 bits per heavy atom. The molecule has 0 amide bonds. The van der Waals surface area contributed by atoms with Gasteiger partial charge in [0.15, 0.2) is 5.78 Å². The minimum absolute atomic E-state index is 0. The van der Waals surface area contributed by atoms with Gasteiger partial charge in [-0.25, -0.2) is 4.39 Å². The van der Waals surface area contributed by atoms with Crippen molar-refractivity contribution in [1.29, 1.82) is 0 Å². The Morgan fingerprint density at radius 1 is 0.453 bits per heavy atom. The van der Waals surface area contributed by atoms with Gasteiger partial charge in [-0.1, -0.05) is 186 Å². The first-order valence-corrected chi connectivity index (χ1v) is 33.8. The average Bonchev–Trinajstić information content (AvgIpc) is 0.843. The number of hydrogen-bond donors (Lipinski definition) is 1. The van der Waals surface area contributed by atoms with Crippen molar-refractivity contribution in [3.8, 4) is 89.7 Å². The maximum atomic E-state index is 13.0.